The maximum Gasteiger partial charge on any atom is 0.231 e. The summed E-state index contributed by atoms with van der Waals surface area (Å²) in [6.45, 7) is 15.0. The molecule has 1 heterocycles. The quantitative estimate of drug-likeness (QED) is 0.508. The van der Waals surface area contributed by atoms with E-state index in [-0.39, 0.29) is 24.5 Å². The predicted octanol–water partition coefficient (Wildman–Crippen LogP) is 4.01. The molecule has 0 spiro atoms. The molecule has 0 radical (unpaired) electrons. The number of rotatable bonds is 4. The van der Waals surface area contributed by atoms with Gasteiger partial charge >= 0.3 is 0 Å². The first-order valence-electron chi connectivity index (χ1n) is 8.03. The van der Waals surface area contributed by atoms with Gasteiger partial charge in [0.1, 0.15) is 6.61 Å². The molecule has 5 heteroatoms. The lowest BCUT2D eigenvalue weighted by atomic mass is 10.0. The molecule has 1 aromatic carbocycles. The van der Waals surface area contributed by atoms with Gasteiger partial charge in [-0.1, -0.05) is 38.7 Å². The highest BCUT2D eigenvalue weighted by Gasteiger charge is 2.39. The Morgan fingerprint density at radius 3 is 2.50 bits per heavy atom. The van der Waals surface area contributed by atoms with Crippen LogP contribution in [-0.4, -0.2) is 26.8 Å². The van der Waals surface area contributed by atoms with Crippen molar-refractivity contribution in [1.29, 1.82) is 0 Å². The Labute approximate surface area is 145 Å². The maximum absolute atomic E-state index is 9.03. The van der Waals surface area contributed by atoms with E-state index in [0.717, 1.165) is 11.1 Å². The molecular weight excluding hydrogens is 320 g/mol. The van der Waals surface area contributed by atoms with Crippen LogP contribution in [-0.2, 0) is 4.43 Å². The Hall–Kier alpha value is -1.74. The third-order valence-corrected chi connectivity index (χ3v) is 9.05. The van der Waals surface area contributed by atoms with Gasteiger partial charge < -0.3 is 19.0 Å². The van der Waals surface area contributed by atoms with Crippen molar-refractivity contribution in [3.63, 3.8) is 0 Å². The van der Waals surface area contributed by atoms with Crippen LogP contribution in [0.2, 0.25) is 18.1 Å². The lowest BCUT2D eigenvalue weighted by Crippen LogP contribution is -2.41. The second kappa shape index (κ2) is 7.02. The Bertz CT molecular complexity index is 677. The van der Waals surface area contributed by atoms with E-state index in [9.17, 15) is 0 Å². The first kappa shape index (κ1) is 18.6. The molecule has 0 aromatic heterocycles. The van der Waals surface area contributed by atoms with Crippen LogP contribution >= 0.6 is 0 Å². The van der Waals surface area contributed by atoms with Gasteiger partial charge in [-0.25, -0.2) is 0 Å². The average molecular weight is 346 g/mol. The van der Waals surface area contributed by atoms with Gasteiger partial charge in [-0.05, 0) is 24.2 Å². The SMILES string of the molecule is C=CC(O[Si](C)(C)C(C)(C)C)c1cc2c(cc1C#CCO)OCO2. The van der Waals surface area contributed by atoms with Crippen LogP contribution in [0.1, 0.15) is 38.0 Å². The Morgan fingerprint density at radius 2 is 1.96 bits per heavy atom. The smallest absolute Gasteiger partial charge is 0.231 e. The van der Waals surface area contributed by atoms with Gasteiger partial charge in [0, 0.05) is 17.2 Å². The van der Waals surface area contributed by atoms with Crippen molar-refractivity contribution in [1.82, 2.24) is 0 Å². The number of ether oxygens (including phenoxy) is 2. The lowest BCUT2D eigenvalue weighted by molar-refractivity contribution is 0.173. The molecule has 0 saturated heterocycles. The van der Waals surface area contributed by atoms with Gasteiger partial charge in [0.25, 0.3) is 0 Å². The fourth-order valence-corrected chi connectivity index (χ4v) is 3.38. The predicted molar refractivity (Wildman–Crippen MR) is 97.7 cm³/mol. The summed E-state index contributed by atoms with van der Waals surface area (Å²) >= 11 is 0. The first-order valence-corrected chi connectivity index (χ1v) is 10.9. The summed E-state index contributed by atoms with van der Waals surface area (Å²) in [5, 5.41) is 9.11. The van der Waals surface area contributed by atoms with Crippen LogP contribution in [0.15, 0.2) is 24.8 Å². The molecule has 130 valence electrons. The van der Waals surface area contributed by atoms with Crippen LogP contribution in [0.3, 0.4) is 0 Å². The molecule has 0 bridgehead atoms. The van der Waals surface area contributed by atoms with Crippen molar-refractivity contribution >= 4 is 8.32 Å². The molecule has 0 aliphatic carbocycles. The van der Waals surface area contributed by atoms with Gasteiger partial charge in [-0.3, -0.25) is 0 Å². The van der Waals surface area contributed by atoms with Gasteiger partial charge in [0.05, 0.1) is 6.10 Å². The molecule has 1 unspecified atom stereocenters. The molecule has 2 rings (SSSR count). The molecule has 1 aliphatic heterocycles. The van der Waals surface area contributed by atoms with E-state index in [1.54, 1.807) is 6.08 Å². The highest BCUT2D eigenvalue weighted by atomic mass is 28.4. The summed E-state index contributed by atoms with van der Waals surface area (Å²) in [7, 11) is -1.99. The fraction of sp³-hybridized carbons (Fsp3) is 0.474. The third kappa shape index (κ3) is 3.84. The number of aliphatic hydroxyl groups excluding tert-OH is 1. The van der Waals surface area contributed by atoms with E-state index in [2.05, 4.69) is 52.3 Å². The Morgan fingerprint density at radius 1 is 1.33 bits per heavy atom. The zero-order valence-corrected chi connectivity index (χ0v) is 16.1. The van der Waals surface area contributed by atoms with E-state index in [1.807, 2.05) is 12.1 Å². The second-order valence-electron chi connectivity index (χ2n) is 7.29. The molecule has 1 aromatic rings. The van der Waals surface area contributed by atoms with Crippen LogP contribution in [0, 0.1) is 11.8 Å². The van der Waals surface area contributed by atoms with Gasteiger partial charge in [-0.15, -0.1) is 6.58 Å². The third-order valence-electron chi connectivity index (χ3n) is 4.60. The van der Waals surface area contributed by atoms with Gasteiger partial charge in [0.2, 0.25) is 6.79 Å². The minimum Gasteiger partial charge on any atom is -0.454 e. The minimum atomic E-state index is -1.99. The zero-order chi connectivity index (χ0) is 18.0. The zero-order valence-electron chi connectivity index (χ0n) is 15.1. The summed E-state index contributed by atoms with van der Waals surface area (Å²) in [6.07, 6.45) is 1.51. The van der Waals surface area contributed by atoms with E-state index in [4.69, 9.17) is 19.0 Å². The fourth-order valence-electron chi connectivity index (χ4n) is 2.17. The molecule has 1 atom stereocenters. The van der Waals surface area contributed by atoms with Gasteiger partial charge in [0.15, 0.2) is 19.8 Å². The number of aliphatic hydroxyl groups is 1. The highest BCUT2D eigenvalue weighted by Crippen LogP contribution is 2.42. The summed E-state index contributed by atoms with van der Waals surface area (Å²) in [5.74, 6) is 7.03. The van der Waals surface area contributed by atoms with Crippen molar-refractivity contribution in [3.8, 4) is 23.3 Å². The summed E-state index contributed by atoms with van der Waals surface area (Å²) < 4.78 is 17.4. The van der Waals surface area contributed by atoms with Crippen LogP contribution in [0.4, 0.5) is 0 Å². The van der Waals surface area contributed by atoms with E-state index in [0.29, 0.717) is 11.5 Å². The van der Waals surface area contributed by atoms with Crippen molar-refractivity contribution in [2.24, 2.45) is 0 Å². The molecule has 1 N–H and O–H groups in total. The topological polar surface area (TPSA) is 47.9 Å². The van der Waals surface area contributed by atoms with E-state index in [1.165, 1.54) is 0 Å². The van der Waals surface area contributed by atoms with Crippen LogP contribution in [0.5, 0.6) is 11.5 Å². The molecule has 0 amide bonds. The monoisotopic (exact) mass is 346 g/mol. The Balaban J connectivity index is 2.45. The largest absolute Gasteiger partial charge is 0.454 e. The van der Waals surface area contributed by atoms with Crippen LogP contribution in [0.25, 0.3) is 0 Å². The molecular formula is C19H26O4Si. The molecule has 4 nitrogen and oxygen atoms in total. The van der Waals surface area contributed by atoms with E-state index < -0.39 is 8.32 Å². The first-order chi connectivity index (χ1) is 11.2. The second-order valence-corrected chi connectivity index (χ2v) is 12.0. The van der Waals surface area contributed by atoms with Crippen molar-refractivity contribution in [2.45, 2.75) is 45.0 Å². The van der Waals surface area contributed by atoms with Gasteiger partial charge in [-0.2, -0.15) is 0 Å². The molecule has 0 fully saturated rings. The standard InChI is InChI=1S/C19H26O4Si/c1-7-16(23-24(5,6)19(2,3)4)15-12-18-17(21-13-22-18)11-14(15)9-8-10-20/h7,11-12,16,20H,1,10,13H2,2-6H3. The summed E-state index contributed by atoms with van der Waals surface area (Å²) in [6, 6.07) is 3.75. The molecule has 0 saturated carbocycles. The molecule has 1 aliphatic rings. The van der Waals surface area contributed by atoms with Crippen LogP contribution < -0.4 is 9.47 Å². The van der Waals surface area contributed by atoms with Crippen molar-refractivity contribution in [2.75, 3.05) is 13.4 Å². The maximum atomic E-state index is 9.03. The minimum absolute atomic E-state index is 0.0849. The Kier molecular flexibility index (Phi) is 5.44. The number of hydrogen-bond donors (Lipinski definition) is 1. The number of benzene rings is 1. The number of hydrogen-bond acceptors (Lipinski definition) is 4. The average Bonchev–Trinajstić information content (AvgIpc) is 2.95. The normalized spacial score (nSPS) is 14.8. The van der Waals surface area contributed by atoms with Crippen molar-refractivity contribution in [3.05, 3.63) is 35.9 Å². The number of fused-ring (bicyclic) bond motifs is 1. The molecule has 24 heavy (non-hydrogen) atoms. The highest BCUT2D eigenvalue weighted by molar-refractivity contribution is 6.74. The van der Waals surface area contributed by atoms with Crippen molar-refractivity contribution < 1.29 is 19.0 Å². The van der Waals surface area contributed by atoms with E-state index >= 15 is 0 Å². The lowest BCUT2D eigenvalue weighted by Gasteiger charge is -2.38. The summed E-state index contributed by atoms with van der Waals surface area (Å²) in [4.78, 5) is 0. The summed E-state index contributed by atoms with van der Waals surface area (Å²) in [5.41, 5.74) is 1.65.